The summed E-state index contributed by atoms with van der Waals surface area (Å²) in [6.45, 7) is 4.15. The van der Waals surface area contributed by atoms with Crippen molar-refractivity contribution in [3.8, 4) is 0 Å². The Labute approximate surface area is 150 Å². The molecular formula is C16H19N5O4S. The van der Waals surface area contributed by atoms with E-state index in [2.05, 4.69) is 20.5 Å². The van der Waals surface area contributed by atoms with E-state index < -0.39 is 21.7 Å². The molecule has 2 aromatic rings. The van der Waals surface area contributed by atoms with Gasteiger partial charge in [-0.25, -0.2) is 13.5 Å². The van der Waals surface area contributed by atoms with Gasteiger partial charge in [0.25, 0.3) is 0 Å². The largest absolute Gasteiger partial charge is 0.311 e. The molecule has 2 heterocycles. The molecule has 1 fully saturated rings. The van der Waals surface area contributed by atoms with Crippen LogP contribution >= 0.6 is 0 Å². The van der Waals surface area contributed by atoms with Gasteiger partial charge < -0.3 is 4.90 Å². The third-order valence-electron chi connectivity index (χ3n) is 4.41. The first-order chi connectivity index (χ1) is 12.2. The zero-order chi connectivity index (χ0) is 19.1. The second-order valence-electron chi connectivity index (χ2n) is 6.35. The first-order valence-corrected chi connectivity index (χ1v) is 9.86. The Balaban J connectivity index is 1.73. The van der Waals surface area contributed by atoms with Gasteiger partial charge in [0.2, 0.25) is 32.8 Å². The predicted molar refractivity (Wildman–Crippen MR) is 94.5 cm³/mol. The lowest BCUT2D eigenvalue weighted by molar-refractivity contribution is -0.122. The fourth-order valence-electron chi connectivity index (χ4n) is 2.82. The number of aromatic amines is 1. The number of sulfone groups is 1. The van der Waals surface area contributed by atoms with E-state index in [1.54, 1.807) is 4.90 Å². The van der Waals surface area contributed by atoms with Crippen LogP contribution in [-0.4, -0.2) is 48.2 Å². The topological polar surface area (TPSA) is 125 Å². The average molecular weight is 377 g/mol. The van der Waals surface area contributed by atoms with Gasteiger partial charge in [-0.05, 0) is 31.0 Å². The number of nitrogens with one attached hydrogen (secondary N) is 2. The van der Waals surface area contributed by atoms with Gasteiger partial charge in [0.1, 0.15) is 0 Å². The van der Waals surface area contributed by atoms with Crippen LogP contribution < -0.4 is 10.2 Å². The zero-order valence-corrected chi connectivity index (χ0v) is 15.4. The number of benzene rings is 1. The number of carbonyl (C=O) groups is 2. The average Bonchev–Trinajstić information content (AvgIpc) is 3.17. The molecule has 2 amide bonds. The molecule has 0 aliphatic carbocycles. The van der Waals surface area contributed by atoms with Gasteiger partial charge in [-0.3, -0.25) is 14.9 Å². The van der Waals surface area contributed by atoms with E-state index in [-0.39, 0.29) is 30.0 Å². The lowest BCUT2D eigenvalue weighted by Crippen LogP contribution is -2.29. The Hall–Kier alpha value is -2.75. The van der Waals surface area contributed by atoms with Crippen LogP contribution in [0.2, 0.25) is 0 Å². The summed E-state index contributed by atoms with van der Waals surface area (Å²) in [4.78, 5) is 30.1. The van der Waals surface area contributed by atoms with E-state index >= 15 is 0 Å². The molecule has 26 heavy (non-hydrogen) atoms. The molecular weight excluding hydrogens is 358 g/mol. The van der Waals surface area contributed by atoms with Crippen LogP contribution in [0.25, 0.3) is 0 Å². The lowest BCUT2D eigenvalue weighted by Gasteiger charge is -2.20. The van der Waals surface area contributed by atoms with E-state index in [4.69, 9.17) is 0 Å². The Morgan fingerprint density at radius 1 is 1.35 bits per heavy atom. The number of rotatable bonds is 4. The molecule has 3 rings (SSSR count). The van der Waals surface area contributed by atoms with Crippen molar-refractivity contribution >= 4 is 33.3 Å². The fourth-order valence-corrected chi connectivity index (χ4v) is 3.29. The van der Waals surface area contributed by atoms with Crippen molar-refractivity contribution in [3.05, 3.63) is 29.3 Å². The smallest absolute Gasteiger partial charge is 0.249 e. The standard InChI is InChI=1S/C16H19N5O4S/c1-9-5-4-6-12(10(9)2)21-8-11(7-13(21)22)14(23)17-15-18-16(20-19-15)26(3,24)25/h4-6,11H,7-8H2,1-3H3,(H2,17,18,19,20,23). The second-order valence-corrected chi connectivity index (χ2v) is 8.28. The predicted octanol–water partition coefficient (Wildman–Crippen LogP) is 0.817. The Morgan fingerprint density at radius 2 is 2.08 bits per heavy atom. The SMILES string of the molecule is Cc1cccc(N2CC(C(=O)Nc3n[nH]c(S(C)(=O)=O)n3)CC2=O)c1C. The summed E-state index contributed by atoms with van der Waals surface area (Å²) in [5.74, 6) is -1.26. The summed E-state index contributed by atoms with van der Waals surface area (Å²) in [6.07, 6.45) is 1.05. The highest BCUT2D eigenvalue weighted by molar-refractivity contribution is 7.90. The van der Waals surface area contributed by atoms with Gasteiger partial charge >= 0.3 is 0 Å². The van der Waals surface area contributed by atoms with Crippen LogP contribution in [0.5, 0.6) is 0 Å². The van der Waals surface area contributed by atoms with Gasteiger partial charge in [0.05, 0.1) is 5.92 Å². The van der Waals surface area contributed by atoms with Gasteiger partial charge in [-0.2, -0.15) is 4.98 Å². The lowest BCUT2D eigenvalue weighted by atomic mass is 10.1. The highest BCUT2D eigenvalue weighted by Gasteiger charge is 2.36. The number of carbonyl (C=O) groups excluding carboxylic acids is 2. The maximum atomic E-state index is 12.4. The van der Waals surface area contributed by atoms with Crippen molar-refractivity contribution in [3.63, 3.8) is 0 Å². The summed E-state index contributed by atoms with van der Waals surface area (Å²) in [6, 6.07) is 5.69. The quantitative estimate of drug-likeness (QED) is 0.812. The summed E-state index contributed by atoms with van der Waals surface area (Å²) >= 11 is 0. The molecule has 1 aromatic heterocycles. The first-order valence-electron chi connectivity index (χ1n) is 7.96. The van der Waals surface area contributed by atoms with Crippen LogP contribution in [0.1, 0.15) is 17.5 Å². The van der Waals surface area contributed by atoms with Crippen molar-refractivity contribution in [2.75, 3.05) is 23.0 Å². The van der Waals surface area contributed by atoms with Gasteiger partial charge in [-0.1, -0.05) is 12.1 Å². The maximum Gasteiger partial charge on any atom is 0.249 e. The van der Waals surface area contributed by atoms with E-state index in [9.17, 15) is 18.0 Å². The van der Waals surface area contributed by atoms with Crippen molar-refractivity contribution in [1.82, 2.24) is 15.2 Å². The molecule has 1 aliphatic heterocycles. The molecule has 0 spiro atoms. The summed E-state index contributed by atoms with van der Waals surface area (Å²) in [5, 5.41) is 8.06. The Bertz CT molecular complexity index is 982. The number of anilines is 2. The zero-order valence-electron chi connectivity index (χ0n) is 14.6. The molecule has 0 saturated carbocycles. The molecule has 1 aliphatic rings. The van der Waals surface area contributed by atoms with Gasteiger partial charge in [-0.15, -0.1) is 5.10 Å². The normalized spacial score (nSPS) is 17.6. The van der Waals surface area contributed by atoms with Gasteiger partial charge in [0.15, 0.2) is 0 Å². The highest BCUT2D eigenvalue weighted by atomic mass is 32.2. The van der Waals surface area contributed by atoms with Crippen LogP contribution in [-0.2, 0) is 19.4 Å². The number of nitrogens with zero attached hydrogens (tertiary/aromatic N) is 3. The van der Waals surface area contributed by atoms with Crippen molar-refractivity contribution < 1.29 is 18.0 Å². The number of H-pyrrole nitrogens is 1. The summed E-state index contributed by atoms with van der Waals surface area (Å²) in [7, 11) is -3.54. The number of aromatic nitrogens is 3. The molecule has 138 valence electrons. The minimum absolute atomic E-state index is 0.0720. The minimum atomic E-state index is -3.54. The molecule has 1 unspecified atom stereocenters. The highest BCUT2D eigenvalue weighted by Crippen LogP contribution is 2.29. The summed E-state index contributed by atoms with van der Waals surface area (Å²) in [5.41, 5.74) is 2.86. The summed E-state index contributed by atoms with van der Waals surface area (Å²) < 4.78 is 22.8. The Kier molecular flexibility index (Phi) is 4.53. The molecule has 1 saturated heterocycles. The Morgan fingerprint density at radius 3 is 2.73 bits per heavy atom. The van der Waals surface area contributed by atoms with Crippen LogP contribution in [0.4, 0.5) is 11.6 Å². The van der Waals surface area contributed by atoms with Crippen molar-refractivity contribution in [1.29, 1.82) is 0 Å². The molecule has 10 heteroatoms. The molecule has 9 nitrogen and oxygen atoms in total. The molecule has 0 bridgehead atoms. The number of hydrogen-bond donors (Lipinski definition) is 2. The number of amides is 2. The molecule has 2 N–H and O–H groups in total. The minimum Gasteiger partial charge on any atom is -0.311 e. The van der Waals surface area contributed by atoms with E-state index in [0.29, 0.717) is 0 Å². The third kappa shape index (κ3) is 3.45. The van der Waals surface area contributed by atoms with Crippen LogP contribution in [0.3, 0.4) is 0 Å². The van der Waals surface area contributed by atoms with Crippen LogP contribution in [0, 0.1) is 19.8 Å². The molecule has 1 atom stereocenters. The van der Waals surface area contributed by atoms with Crippen molar-refractivity contribution in [2.45, 2.75) is 25.4 Å². The maximum absolute atomic E-state index is 12.4. The number of hydrogen-bond acceptors (Lipinski definition) is 6. The monoisotopic (exact) mass is 377 g/mol. The van der Waals surface area contributed by atoms with Gasteiger partial charge in [0, 0.05) is 24.9 Å². The third-order valence-corrected chi connectivity index (χ3v) is 5.30. The van der Waals surface area contributed by atoms with Crippen LogP contribution in [0.15, 0.2) is 23.4 Å². The molecule has 0 radical (unpaired) electrons. The second kappa shape index (κ2) is 6.52. The van der Waals surface area contributed by atoms with E-state index in [1.165, 1.54) is 0 Å². The fraction of sp³-hybridized carbons (Fsp3) is 0.375. The molecule has 1 aromatic carbocycles. The van der Waals surface area contributed by atoms with Crippen molar-refractivity contribution in [2.24, 2.45) is 5.92 Å². The number of aryl methyl sites for hydroxylation is 1. The van der Waals surface area contributed by atoms with E-state index in [0.717, 1.165) is 23.1 Å². The first kappa shape index (κ1) is 18.1. The van der Waals surface area contributed by atoms with E-state index in [1.807, 2.05) is 32.0 Å².